The third-order valence-electron chi connectivity index (χ3n) is 10.6. The number of phenolic OH excluding ortho intramolecular Hbond substituents is 4. The molecule has 3 heterocycles. The maximum Gasteiger partial charge on any atom is 0.404 e. The molecule has 1 unspecified atom stereocenters. The topological polar surface area (TPSA) is 165 Å². The van der Waals surface area contributed by atoms with Crippen LogP contribution in [0.5, 0.6) is 57.5 Å². The van der Waals surface area contributed by atoms with Crippen molar-refractivity contribution in [2.75, 3.05) is 28.4 Å². The molecule has 0 aliphatic carbocycles. The van der Waals surface area contributed by atoms with Gasteiger partial charge in [0.15, 0.2) is 46.0 Å². The average Bonchev–Trinajstić information content (AvgIpc) is 3.94. The van der Waals surface area contributed by atoms with Crippen LogP contribution in [-0.4, -0.2) is 64.9 Å². The number of alkyl halides is 1. The lowest BCUT2D eigenvalue weighted by Crippen LogP contribution is -2.27. The van der Waals surface area contributed by atoms with E-state index in [-0.39, 0.29) is 17.2 Å². The maximum atomic E-state index is 13.1. The molecule has 0 saturated heterocycles. The number of para-hydroxylation sites is 2. The predicted molar refractivity (Wildman–Crippen MR) is 303 cm³/mol. The molecule has 13 heteroatoms. The molecule has 1 aliphatic rings. The lowest BCUT2D eigenvalue weighted by atomic mass is 10.2. The van der Waals surface area contributed by atoms with E-state index in [0.717, 1.165) is 33.5 Å². The summed E-state index contributed by atoms with van der Waals surface area (Å²) < 4.78 is 43.2. The number of aromatic nitrogens is 2. The minimum absolute atomic E-state index is 0.0602. The summed E-state index contributed by atoms with van der Waals surface area (Å²) in [5.74, 6) is 3.91. The van der Waals surface area contributed by atoms with Gasteiger partial charge in [0.2, 0.25) is 5.75 Å². The lowest BCUT2D eigenvalue weighted by Gasteiger charge is -2.12. The van der Waals surface area contributed by atoms with E-state index in [4.69, 9.17) is 48.8 Å². The highest BCUT2D eigenvalue weighted by Gasteiger charge is 2.36. The first-order chi connectivity index (χ1) is 36.2. The Balaban J connectivity index is 0.000000231. The zero-order valence-electron chi connectivity index (χ0n) is 45.8. The Morgan fingerprint density at radius 3 is 1.45 bits per heavy atom. The molecule has 10 rings (SSSR count). The molecule has 0 spiro atoms. The first kappa shape index (κ1) is 61.5. The van der Waals surface area contributed by atoms with Crippen LogP contribution in [0, 0.1) is 55.4 Å². The van der Waals surface area contributed by atoms with E-state index in [1.165, 1.54) is 48.2 Å². The SMILES string of the molecule is COc1cc(C)cc(OC)c1OC.COc1cc(C)ccc1O.Cc1c[nH]c2ccccc12.Cc1ccc(O)c(O)c1.Cc1ccc2c(c1)OC(C)(F)O2.Cc1ccccc1.Cc1ccccc1O.Cc1ccccn1. The number of halogens is 1. The highest BCUT2D eigenvalue weighted by Crippen LogP contribution is 2.40. The number of methoxy groups -OCH3 is 4. The third-order valence-corrected chi connectivity index (χ3v) is 10.6. The van der Waals surface area contributed by atoms with Crippen LogP contribution in [0.4, 0.5) is 4.39 Å². The van der Waals surface area contributed by atoms with E-state index < -0.39 is 6.04 Å². The van der Waals surface area contributed by atoms with Gasteiger partial charge in [-0.05, 0) is 162 Å². The summed E-state index contributed by atoms with van der Waals surface area (Å²) in [6, 6.07) is 48.7. The van der Waals surface area contributed by atoms with Gasteiger partial charge in [0.05, 0.1) is 28.4 Å². The van der Waals surface area contributed by atoms with Crippen molar-refractivity contribution in [1.82, 2.24) is 9.97 Å². The molecule has 12 nitrogen and oxygen atoms in total. The lowest BCUT2D eigenvalue weighted by molar-refractivity contribution is -0.173. The molecule has 1 atom stereocenters. The molecule has 1 aliphatic heterocycles. The Kier molecular flexibility index (Phi) is 25.6. The summed E-state index contributed by atoms with van der Waals surface area (Å²) in [6.07, 6.45) is 3.82. The second kappa shape index (κ2) is 31.7. The molecule has 9 aromatic rings. The quantitative estimate of drug-likeness (QED) is 0.107. The van der Waals surface area contributed by atoms with Crippen molar-refractivity contribution in [3.63, 3.8) is 0 Å². The normalized spacial score (nSPS) is 12.0. The largest absolute Gasteiger partial charge is 0.508 e. The van der Waals surface area contributed by atoms with Crippen molar-refractivity contribution in [1.29, 1.82) is 0 Å². The predicted octanol–water partition coefficient (Wildman–Crippen LogP) is 15.1. The number of aromatic amines is 1. The summed E-state index contributed by atoms with van der Waals surface area (Å²) in [7, 11) is 6.34. The number of rotatable bonds is 4. The zero-order valence-corrected chi connectivity index (χ0v) is 45.8. The molecular weight excluding hydrogens is 964 g/mol. The number of nitrogens with zero attached hydrogens (tertiary/aromatic N) is 1. The second-order valence-electron chi connectivity index (χ2n) is 17.3. The van der Waals surface area contributed by atoms with Gasteiger partial charge in [-0.15, -0.1) is 0 Å². The standard InChI is InChI=1S/C10H14O3.C9H9FO2.C9H9N.C8H10O2.C7H8O2.C7H8O.C7H8.C6H7N/c1-7-5-8(11-2)10(13-4)9(6-7)12-3;1-6-3-4-7-8(5-6)12-9(2,10)11-7;1-7-6-10-9-5-3-2-4-8(7)9;1-6-3-4-7(9)8(5-6)10-2;1-5-2-3-6(8)7(9)4-5;1-6-4-2-3-5-7(6)8;1-7-5-3-2-4-6-7;1-6-4-2-3-5-7-6/h5-6H,1-4H3;3-5H,1-2H3;2-6,10H,1H3;3-5,9H,1-2H3;2-4,8-9H,1H3;2-5,8H,1H3;2-6H,1H3;2-5H,1H3. The van der Waals surface area contributed by atoms with Crippen molar-refractivity contribution in [3.05, 3.63) is 221 Å². The summed E-state index contributed by atoms with van der Waals surface area (Å²) in [6.45, 7) is 17.0. The van der Waals surface area contributed by atoms with Crippen molar-refractivity contribution in [2.45, 2.75) is 68.4 Å². The van der Waals surface area contributed by atoms with Crippen LogP contribution in [0.1, 0.15) is 51.6 Å². The third kappa shape index (κ3) is 21.7. The van der Waals surface area contributed by atoms with Gasteiger partial charge >= 0.3 is 6.04 Å². The number of H-pyrrole nitrogens is 1. The van der Waals surface area contributed by atoms with Crippen molar-refractivity contribution in [2.24, 2.45) is 0 Å². The Morgan fingerprint density at radius 2 is 0.974 bits per heavy atom. The summed E-state index contributed by atoms with van der Waals surface area (Å²) in [5, 5.41) is 37.0. The Morgan fingerprint density at radius 1 is 0.447 bits per heavy atom. The van der Waals surface area contributed by atoms with Gasteiger partial charge in [-0.2, -0.15) is 4.39 Å². The number of pyridine rings is 1. The van der Waals surface area contributed by atoms with Crippen LogP contribution in [0.3, 0.4) is 0 Å². The number of phenols is 4. The first-order valence-corrected chi connectivity index (χ1v) is 24.1. The summed E-state index contributed by atoms with van der Waals surface area (Å²) >= 11 is 0. The van der Waals surface area contributed by atoms with Gasteiger partial charge in [-0.1, -0.05) is 96.6 Å². The van der Waals surface area contributed by atoms with Gasteiger partial charge in [0.1, 0.15) is 5.75 Å². The highest BCUT2D eigenvalue weighted by molar-refractivity contribution is 5.82. The molecule has 7 aromatic carbocycles. The zero-order chi connectivity index (χ0) is 56.2. The number of ether oxygens (including phenoxy) is 6. The molecule has 0 radical (unpaired) electrons. The van der Waals surface area contributed by atoms with Crippen LogP contribution in [0.15, 0.2) is 176 Å². The average molecular weight is 1040 g/mol. The van der Waals surface area contributed by atoms with Gasteiger partial charge in [0, 0.05) is 35.9 Å². The molecule has 0 fully saturated rings. The van der Waals surface area contributed by atoms with Crippen molar-refractivity contribution < 1.29 is 53.2 Å². The van der Waals surface area contributed by atoms with E-state index in [2.05, 4.69) is 54.1 Å². The summed E-state index contributed by atoms with van der Waals surface area (Å²) in [5.41, 5.74) is 9.97. The number of hydrogen-bond acceptors (Lipinski definition) is 11. The number of benzene rings is 7. The monoisotopic (exact) mass is 1040 g/mol. The van der Waals surface area contributed by atoms with E-state index in [1.807, 2.05) is 133 Å². The molecule has 402 valence electrons. The van der Waals surface area contributed by atoms with Crippen molar-refractivity contribution >= 4 is 10.9 Å². The van der Waals surface area contributed by atoms with E-state index in [0.29, 0.717) is 40.2 Å². The molecular formula is C63H73FN2O10. The molecule has 0 saturated carbocycles. The number of nitrogens with one attached hydrogen (secondary N) is 1. The van der Waals surface area contributed by atoms with Crippen molar-refractivity contribution in [3.8, 4) is 57.5 Å². The number of aromatic hydroxyl groups is 4. The molecule has 5 N–H and O–H groups in total. The number of hydrogen-bond donors (Lipinski definition) is 5. The van der Waals surface area contributed by atoms with Gasteiger partial charge < -0.3 is 53.8 Å². The Bertz CT molecular complexity index is 3020. The fourth-order valence-electron chi connectivity index (χ4n) is 6.59. The fraction of sp³-hybridized carbons (Fsp3) is 0.222. The Labute approximate surface area is 447 Å². The molecule has 0 bridgehead atoms. The first-order valence-electron chi connectivity index (χ1n) is 24.1. The van der Waals surface area contributed by atoms with Crippen LogP contribution in [-0.2, 0) is 0 Å². The van der Waals surface area contributed by atoms with E-state index in [1.54, 1.807) is 63.9 Å². The highest BCUT2D eigenvalue weighted by atomic mass is 19.2. The fourth-order valence-corrected chi connectivity index (χ4v) is 6.59. The number of aryl methyl sites for hydroxylation is 8. The molecule has 0 amide bonds. The van der Waals surface area contributed by atoms with Crippen LogP contribution >= 0.6 is 0 Å². The van der Waals surface area contributed by atoms with Crippen LogP contribution in [0.2, 0.25) is 0 Å². The minimum atomic E-state index is -2.00. The second-order valence-corrected chi connectivity index (χ2v) is 17.3. The van der Waals surface area contributed by atoms with E-state index >= 15 is 0 Å². The van der Waals surface area contributed by atoms with Gasteiger partial charge in [0.25, 0.3) is 0 Å². The Hall–Kier alpha value is -8.84. The number of fused-ring (bicyclic) bond motifs is 2. The minimum Gasteiger partial charge on any atom is -0.508 e. The van der Waals surface area contributed by atoms with E-state index in [9.17, 15) is 4.39 Å². The van der Waals surface area contributed by atoms with Crippen LogP contribution in [0.25, 0.3) is 10.9 Å². The van der Waals surface area contributed by atoms with Gasteiger partial charge in [-0.25, -0.2) is 0 Å². The molecule has 76 heavy (non-hydrogen) atoms. The maximum absolute atomic E-state index is 13.1. The summed E-state index contributed by atoms with van der Waals surface area (Å²) in [4.78, 5) is 7.17. The van der Waals surface area contributed by atoms with Gasteiger partial charge in [-0.3, -0.25) is 4.98 Å². The smallest absolute Gasteiger partial charge is 0.404 e. The molecule has 2 aromatic heterocycles. The van der Waals surface area contributed by atoms with Crippen LogP contribution < -0.4 is 28.4 Å².